The minimum atomic E-state index is -2.39. The summed E-state index contributed by atoms with van der Waals surface area (Å²) in [6.07, 6.45) is 1.35. The van der Waals surface area contributed by atoms with Crippen molar-refractivity contribution in [3.8, 4) is 0 Å². The van der Waals surface area contributed by atoms with Crippen LogP contribution in [0.1, 0.15) is 39.7 Å². The highest BCUT2D eigenvalue weighted by Crippen LogP contribution is 2.30. The second-order valence-electron chi connectivity index (χ2n) is 6.74. The summed E-state index contributed by atoms with van der Waals surface area (Å²) in [6, 6.07) is 6.75. The predicted molar refractivity (Wildman–Crippen MR) is 127 cm³/mol. The molecule has 0 saturated carbocycles. The molecule has 2 aromatic heterocycles. The maximum atomic E-state index is 12.5. The molecule has 1 aromatic carbocycles. The summed E-state index contributed by atoms with van der Waals surface area (Å²) in [5.74, 6) is -1.05. The van der Waals surface area contributed by atoms with E-state index in [-0.39, 0.29) is 18.3 Å². The lowest BCUT2D eigenvalue weighted by atomic mass is 10.0. The van der Waals surface area contributed by atoms with Gasteiger partial charge in [-0.1, -0.05) is 19.1 Å². The summed E-state index contributed by atoms with van der Waals surface area (Å²) in [4.78, 5) is 32.7. The number of nitrogens with zero attached hydrogens (tertiary/aromatic N) is 2. The number of hydrogen-bond donors (Lipinski definition) is 3. The Morgan fingerprint density at radius 2 is 2.00 bits per heavy atom. The summed E-state index contributed by atoms with van der Waals surface area (Å²) >= 11 is 0.443. The molecule has 1 amide bonds. The third kappa shape index (κ3) is 7.05. The standard InChI is InChI=1S/C20H23N5O5S3/c1-3-16-23-15(10-31-16)14(8-12-4-6-13(7-5-12)25-33(28)29)24-20-18(22-11-32-20)19(27)21-9-17(26)30-2/h4-7,10-11,14,24-25H,3,8-9H2,1-2H3,(H,21,27)(H,28,29)/p-1/t14-/m0/s1. The molecule has 3 rings (SSSR count). The van der Waals surface area contributed by atoms with Crippen LogP contribution in [-0.2, 0) is 33.6 Å². The fraction of sp³-hybridized carbons (Fsp3) is 0.300. The monoisotopic (exact) mass is 508 g/mol. The van der Waals surface area contributed by atoms with Crippen LogP contribution in [0.4, 0.5) is 10.7 Å². The first-order valence-electron chi connectivity index (χ1n) is 9.83. The van der Waals surface area contributed by atoms with Crippen molar-refractivity contribution >= 4 is 56.5 Å². The minimum Gasteiger partial charge on any atom is -0.755 e. The Balaban J connectivity index is 1.80. The topological polar surface area (TPSA) is 145 Å². The number of benzene rings is 1. The second-order valence-corrected chi connectivity index (χ2v) is 9.21. The quantitative estimate of drug-likeness (QED) is 0.265. The van der Waals surface area contributed by atoms with Crippen LogP contribution in [0.15, 0.2) is 35.2 Å². The van der Waals surface area contributed by atoms with Crippen LogP contribution in [-0.4, -0.2) is 44.3 Å². The fourth-order valence-electron chi connectivity index (χ4n) is 2.89. The van der Waals surface area contributed by atoms with Crippen LogP contribution >= 0.6 is 22.7 Å². The van der Waals surface area contributed by atoms with Crippen LogP contribution in [0, 0.1) is 0 Å². The highest BCUT2D eigenvalue weighted by Gasteiger charge is 2.22. The normalized spacial score (nSPS) is 12.6. The van der Waals surface area contributed by atoms with Crippen molar-refractivity contribution in [1.82, 2.24) is 15.3 Å². The van der Waals surface area contributed by atoms with Gasteiger partial charge in [-0.25, -0.2) is 9.97 Å². The number of carbonyl (C=O) groups excluding carboxylic acids is 2. The summed E-state index contributed by atoms with van der Waals surface area (Å²) in [6.45, 7) is 1.78. The first kappa shape index (κ1) is 24.8. The van der Waals surface area contributed by atoms with Crippen molar-refractivity contribution in [1.29, 1.82) is 0 Å². The zero-order valence-corrected chi connectivity index (χ0v) is 20.3. The van der Waals surface area contributed by atoms with E-state index in [9.17, 15) is 18.4 Å². The Morgan fingerprint density at radius 1 is 1.24 bits per heavy atom. The molecule has 2 heterocycles. The largest absolute Gasteiger partial charge is 0.755 e. The van der Waals surface area contributed by atoms with Gasteiger partial charge >= 0.3 is 5.97 Å². The molecule has 1 unspecified atom stereocenters. The third-order valence-corrected chi connectivity index (χ3v) is 6.70. The van der Waals surface area contributed by atoms with Gasteiger partial charge in [0.25, 0.3) is 5.91 Å². The molecule has 3 N–H and O–H groups in total. The van der Waals surface area contributed by atoms with Crippen LogP contribution in [0.2, 0.25) is 0 Å². The predicted octanol–water partition coefficient (Wildman–Crippen LogP) is 2.67. The number of amides is 1. The van der Waals surface area contributed by atoms with Gasteiger partial charge in [0, 0.05) is 22.3 Å². The lowest BCUT2D eigenvalue weighted by molar-refractivity contribution is -0.139. The number of anilines is 2. The van der Waals surface area contributed by atoms with E-state index in [0.29, 0.717) is 17.1 Å². The minimum absolute atomic E-state index is 0.178. The number of rotatable bonds is 11. The summed E-state index contributed by atoms with van der Waals surface area (Å²) in [5.41, 5.74) is 3.97. The van der Waals surface area contributed by atoms with Gasteiger partial charge in [-0.3, -0.25) is 13.8 Å². The second kappa shape index (κ2) is 11.8. The van der Waals surface area contributed by atoms with Crippen molar-refractivity contribution in [3.63, 3.8) is 0 Å². The lowest BCUT2D eigenvalue weighted by Crippen LogP contribution is -2.31. The number of esters is 1. The molecular weight excluding hydrogens is 486 g/mol. The van der Waals surface area contributed by atoms with E-state index < -0.39 is 23.1 Å². The van der Waals surface area contributed by atoms with E-state index in [4.69, 9.17) is 4.98 Å². The van der Waals surface area contributed by atoms with E-state index in [1.165, 1.54) is 18.4 Å². The Kier molecular flexibility index (Phi) is 8.88. The average molecular weight is 509 g/mol. The summed E-state index contributed by atoms with van der Waals surface area (Å²) < 4.78 is 28.5. The lowest BCUT2D eigenvalue weighted by Gasteiger charge is -2.18. The zero-order valence-electron chi connectivity index (χ0n) is 17.8. The van der Waals surface area contributed by atoms with Crippen LogP contribution in [0.5, 0.6) is 0 Å². The number of aryl methyl sites for hydroxylation is 1. The SMILES string of the molecule is CCc1nc([C@H](Cc2ccc(NS(=O)[O-])cc2)Nc2scnc2C(=O)NCC(=O)OC)cs1. The van der Waals surface area contributed by atoms with Crippen LogP contribution in [0.3, 0.4) is 0 Å². The summed E-state index contributed by atoms with van der Waals surface area (Å²) in [7, 11) is 1.25. The van der Waals surface area contributed by atoms with Gasteiger partial charge in [0.15, 0.2) is 5.69 Å². The van der Waals surface area contributed by atoms with Crippen molar-refractivity contribution in [2.24, 2.45) is 0 Å². The number of hydrogen-bond acceptors (Lipinski definition) is 10. The molecule has 0 aliphatic heterocycles. The molecule has 33 heavy (non-hydrogen) atoms. The van der Waals surface area contributed by atoms with E-state index >= 15 is 0 Å². The van der Waals surface area contributed by atoms with E-state index in [0.717, 1.165) is 22.7 Å². The number of methoxy groups -OCH3 is 1. The van der Waals surface area contributed by atoms with Gasteiger partial charge in [0.2, 0.25) is 0 Å². The highest BCUT2D eigenvalue weighted by atomic mass is 32.2. The first-order chi connectivity index (χ1) is 15.9. The van der Waals surface area contributed by atoms with E-state index in [1.54, 1.807) is 29.0 Å². The van der Waals surface area contributed by atoms with Gasteiger partial charge < -0.3 is 24.6 Å². The van der Waals surface area contributed by atoms with Gasteiger partial charge in [-0.15, -0.1) is 22.7 Å². The first-order valence-corrected chi connectivity index (χ1v) is 12.7. The van der Waals surface area contributed by atoms with Gasteiger partial charge in [-0.05, 0) is 30.5 Å². The smallest absolute Gasteiger partial charge is 0.325 e. The van der Waals surface area contributed by atoms with Gasteiger partial charge in [0.1, 0.15) is 11.5 Å². The average Bonchev–Trinajstić information content (AvgIpc) is 3.47. The summed E-state index contributed by atoms with van der Waals surface area (Å²) in [5, 5.41) is 9.38. The molecule has 13 heteroatoms. The zero-order chi connectivity index (χ0) is 23.8. The van der Waals surface area contributed by atoms with Gasteiger partial charge in [0.05, 0.1) is 29.4 Å². The molecule has 3 aromatic rings. The molecule has 0 spiro atoms. The molecule has 176 valence electrons. The molecule has 0 radical (unpaired) electrons. The highest BCUT2D eigenvalue weighted by molar-refractivity contribution is 7.80. The van der Waals surface area contributed by atoms with Gasteiger partial charge in [-0.2, -0.15) is 0 Å². The maximum absolute atomic E-state index is 12.5. The maximum Gasteiger partial charge on any atom is 0.325 e. The van der Waals surface area contributed by atoms with Crippen LogP contribution in [0.25, 0.3) is 0 Å². The third-order valence-electron chi connectivity index (χ3n) is 4.53. The molecule has 0 aliphatic rings. The Morgan fingerprint density at radius 3 is 2.64 bits per heavy atom. The number of ether oxygens (including phenoxy) is 1. The number of carbonyl (C=O) groups is 2. The number of nitrogens with one attached hydrogen (secondary N) is 3. The van der Waals surface area contributed by atoms with E-state index in [2.05, 4.69) is 25.1 Å². The van der Waals surface area contributed by atoms with Crippen molar-refractivity contribution in [2.75, 3.05) is 23.7 Å². The molecule has 2 atom stereocenters. The molecule has 0 fully saturated rings. The Hall–Kier alpha value is -2.87. The Labute approximate surface area is 201 Å². The van der Waals surface area contributed by atoms with E-state index in [1.807, 2.05) is 24.4 Å². The number of thiazole rings is 2. The van der Waals surface area contributed by atoms with Crippen molar-refractivity contribution in [2.45, 2.75) is 25.8 Å². The molecular formula is C20H22N5O5S3-. The van der Waals surface area contributed by atoms with Crippen LogP contribution < -0.4 is 15.4 Å². The van der Waals surface area contributed by atoms with Crippen molar-refractivity contribution < 1.29 is 23.1 Å². The molecule has 0 saturated heterocycles. The molecule has 0 aliphatic carbocycles. The number of aromatic nitrogens is 2. The fourth-order valence-corrected chi connectivity index (χ4v) is 4.75. The molecule has 10 nitrogen and oxygen atoms in total. The Bertz CT molecular complexity index is 1120. The molecule has 0 bridgehead atoms. The van der Waals surface area contributed by atoms with Crippen molar-refractivity contribution in [3.05, 3.63) is 57.1 Å².